The average Bonchev–Trinajstić information content (AvgIpc) is 1.99. The van der Waals surface area contributed by atoms with Crippen LogP contribution >= 0.6 is 11.6 Å². The summed E-state index contributed by atoms with van der Waals surface area (Å²) in [6.45, 7) is 5.48. The molecule has 0 aliphatic heterocycles. The monoisotopic (exact) mass is 204 g/mol. The van der Waals surface area contributed by atoms with Gasteiger partial charge in [0, 0.05) is 5.57 Å². The first-order valence-corrected chi connectivity index (χ1v) is 4.38. The molecule has 0 spiro atoms. The molecule has 0 N–H and O–H groups in total. The van der Waals surface area contributed by atoms with Gasteiger partial charge in [-0.2, -0.15) is 0 Å². The van der Waals surface area contributed by atoms with Crippen LogP contribution in [0.1, 0.15) is 27.2 Å². The molecule has 0 amide bonds. The van der Waals surface area contributed by atoms with Crippen molar-refractivity contribution in [1.29, 1.82) is 0 Å². The molecule has 0 aliphatic rings. The maximum Gasteiger partial charge on any atom is 0.310 e. The normalized spacial score (nSPS) is 9.23. The van der Waals surface area contributed by atoms with Gasteiger partial charge in [-0.05, 0) is 32.4 Å². The molecule has 0 atom stereocenters. The summed E-state index contributed by atoms with van der Waals surface area (Å²) in [5.74, 6) is -0.423. The fraction of sp³-hybridized carbons (Fsp3) is 0.556. The van der Waals surface area contributed by atoms with Crippen molar-refractivity contribution < 1.29 is 14.3 Å². The second kappa shape index (κ2) is 5.75. The quantitative estimate of drug-likeness (QED) is 0.400. The van der Waals surface area contributed by atoms with Gasteiger partial charge in [0.2, 0.25) is 5.24 Å². The van der Waals surface area contributed by atoms with E-state index in [0.717, 1.165) is 5.57 Å². The molecule has 0 aliphatic carbocycles. The summed E-state index contributed by atoms with van der Waals surface area (Å²) in [4.78, 5) is 21.8. The lowest BCUT2D eigenvalue weighted by atomic mass is 10.1. The Hall–Kier alpha value is -0.830. The molecule has 0 bridgehead atoms. The van der Waals surface area contributed by atoms with Crippen molar-refractivity contribution in [1.82, 2.24) is 0 Å². The van der Waals surface area contributed by atoms with Crippen LogP contribution in [-0.4, -0.2) is 17.8 Å². The van der Waals surface area contributed by atoms with Gasteiger partial charge in [0.1, 0.15) is 0 Å². The third-order valence-electron chi connectivity index (χ3n) is 1.47. The minimum atomic E-state index is -0.590. The highest BCUT2D eigenvalue weighted by atomic mass is 35.5. The number of halogens is 1. The molecule has 4 heteroatoms. The highest BCUT2D eigenvalue weighted by Gasteiger charge is 2.13. The molecule has 3 nitrogen and oxygen atoms in total. The molecule has 0 aromatic carbocycles. The van der Waals surface area contributed by atoms with E-state index in [0.29, 0.717) is 12.2 Å². The Kier molecular flexibility index (Phi) is 5.39. The van der Waals surface area contributed by atoms with Gasteiger partial charge in [-0.3, -0.25) is 9.59 Å². The van der Waals surface area contributed by atoms with Crippen LogP contribution in [0.3, 0.4) is 0 Å². The molecule has 0 aromatic rings. The molecule has 74 valence electrons. The second-order valence-electron chi connectivity index (χ2n) is 2.73. The predicted molar refractivity (Wildman–Crippen MR) is 50.5 cm³/mol. The molecule has 0 saturated heterocycles. The van der Waals surface area contributed by atoms with E-state index in [1.165, 1.54) is 0 Å². The van der Waals surface area contributed by atoms with Gasteiger partial charge >= 0.3 is 5.97 Å². The van der Waals surface area contributed by atoms with E-state index in [1.807, 2.05) is 0 Å². The smallest absolute Gasteiger partial charge is 0.310 e. The van der Waals surface area contributed by atoms with Gasteiger partial charge < -0.3 is 4.74 Å². The van der Waals surface area contributed by atoms with Crippen LogP contribution < -0.4 is 0 Å². The Morgan fingerprint density at radius 3 is 2.15 bits per heavy atom. The molecule has 0 heterocycles. The first-order chi connectivity index (χ1) is 5.99. The summed E-state index contributed by atoms with van der Waals surface area (Å²) in [6, 6.07) is 0. The fourth-order valence-electron chi connectivity index (χ4n) is 0.799. The van der Waals surface area contributed by atoms with Gasteiger partial charge in [-0.15, -0.1) is 0 Å². The zero-order chi connectivity index (χ0) is 10.4. The van der Waals surface area contributed by atoms with Crippen molar-refractivity contribution in [3.8, 4) is 0 Å². The minimum absolute atomic E-state index is 0.0431. The molecule has 0 fully saturated rings. The topological polar surface area (TPSA) is 43.4 Å². The number of carbonyl (C=O) groups excluding carboxylic acids is 2. The van der Waals surface area contributed by atoms with Crippen molar-refractivity contribution in [3.63, 3.8) is 0 Å². The van der Waals surface area contributed by atoms with Crippen LogP contribution in [-0.2, 0) is 14.3 Å². The Bertz CT molecular complexity index is 239. The van der Waals surface area contributed by atoms with Crippen LogP contribution in [0, 0.1) is 0 Å². The predicted octanol–water partition coefficient (Wildman–Crippen LogP) is 2.04. The molecule has 0 unspecified atom stereocenters. The minimum Gasteiger partial charge on any atom is -0.466 e. The summed E-state index contributed by atoms with van der Waals surface area (Å²) in [5.41, 5.74) is 1.06. The SMILES string of the molecule is CCOC(=O)CC(C(=O)Cl)=C(C)C. The lowest BCUT2D eigenvalue weighted by Gasteiger charge is -2.04. The molecular formula is C9H13ClO3. The van der Waals surface area contributed by atoms with E-state index < -0.39 is 11.2 Å². The molecular weight excluding hydrogens is 192 g/mol. The largest absolute Gasteiger partial charge is 0.466 e. The highest BCUT2D eigenvalue weighted by molar-refractivity contribution is 6.67. The third kappa shape index (κ3) is 4.68. The highest BCUT2D eigenvalue weighted by Crippen LogP contribution is 2.12. The van der Waals surface area contributed by atoms with Gasteiger partial charge in [0.15, 0.2) is 0 Å². The maximum absolute atomic E-state index is 11.0. The van der Waals surface area contributed by atoms with E-state index in [9.17, 15) is 9.59 Å². The first kappa shape index (κ1) is 12.2. The summed E-state index contributed by atoms with van der Waals surface area (Å²) in [5, 5.41) is -0.590. The fourth-order valence-corrected chi connectivity index (χ4v) is 1.05. The van der Waals surface area contributed by atoms with E-state index >= 15 is 0 Å². The van der Waals surface area contributed by atoms with Crippen molar-refractivity contribution in [2.45, 2.75) is 27.2 Å². The van der Waals surface area contributed by atoms with Crippen LogP contribution in [0.25, 0.3) is 0 Å². The lowest BCUT2D eigenvalue weighted by molar-refractivity contribution is -0.142. The van der Waals surface area contributed by atoms with E-state index in [-0.39, 0.29) is 6.42 Å². The molecule has 0 saturated carbocycles. The Balaban J connectivity index is 4.38. The summed E-state index contributed by atoms with van der Waals surface area (Å²) >= 11 is 5.28. The number of allylic oxidation sites excluding steroid dienone is 1. The molecule has 13 heavy (non-hydrogen) atoms. The molecule has 0 rings (SSSR count). The molecule has 0 radical (unpaired) electrons. The summed E-state index contributed by atoms with van der Waals surface area (Å²) < 4.78 is 4.69. The number of hydrogen-bond acceptors (Lipinski definition) is 3. The van der Waals surface area contributed by atoms with Gasteiger partial charge in [0.05, 0.1) is 13.0 Å². The van der Waals surface area contributed by atoms with E-state index in [4.69, 9.17) is 11.6 Å². The Morgan fingerprint density at radius 1 is 1.31 bits per heavy atom. The lowest BCUT2D eigenvalue weighted by Crippen LogP contribution is -2.09. The summed E-state index contributed by atoms with van der Waals surface area (Å²) in [7, 11) is 0. The van der Waals surface area contributed by atoms with Crippen molar-refractivity contribution in [2.75, 3.05) is 6.61 Å². The van der Waals surface area contributed by atoms with Gasteiger partial charge in [-0.1, -0.05) is 5.57 Å². The van der Waals surface area contributed by atoms with Crippen molar-refractivity contribution >= 4 is 22.8 Å². The number of carbonyl (C=O) groups is 2. The van der Waals surface area contributed by atoms with Crippen molar-refractivity contribution in [2.24, 2.45) is 0 Å². The zero-order valence-electron chi connectivity index (χ0n) is 8.02. The zero-order valence-corrected chi connectivity index (χ0v) is 8.77. The second-order valence-corrected chi connectivity index (χ2v) is 3.08. The number of esters is 1. The van der Waals surface area contributed by atoms with Crippen LogP contribution in [0.5, 0.6) is 0 Å². The third-order valence-corrected chi connectivity index (χ3v) is 1.70. The van der Waals surface area contributed by atoms with Gasteiger partial charge in [0.25, 0.3) is 0 Å². The first-order valence-electron chi connectivity index (χ1n) is 4.00. The van der Waals surface area contributed by atoms with Gasteiger partial charge in [-0.25, -0.2) is 0 Å². The maximum atomic E-state index is 11.0. The number of ether oxygens (including phenoxy) is 1. The van der Waals surface area contributed by atoms with Crippen LogP contribution in [0.4, 0.5) is 0 Å². The van der Waals surface area contributed by atoms with Crippen molar-refractivity contribution in [3.05, 3.63) is 11.1 Å². The average molecular weight is 205 g/mol. The molecule has 0 aromatic heterocycles. The summed E-state index contributed by atoms with van der Waals surface area (Å²) in [6.07, 6.45) is -0.0431. The van der Waals surface area contributed by atoms with E-state index in [1.54, 1.807) is 20.8 Å². The van der Waals surface area contributed by atoms with Crippen LogP contribution in [0.15, 0.2) is 11.1 Å². The Labute approximate surface area is 82.7 Å². The standard InChI is InChI=1S/C9H13ClO3/c1-4-13-8(11)5-7(6(2)3)9(10)12/h4-5H2,1-3H3. The number of hydrogen-bond donors (Lipinski definition) is 0. The Morgan fingerprint density at radius 2 is 1.85 bits per heavy atom. The van der Waals surface area contributed by atoms with E-state index in [2.05, 4.69) is 4.74 Å². The number of rotatable bonds is 4. The van der Waals surface area contributed by atoms with Crippen LogP contribution in [0.2, 0.25) is 0 Å².